The van der Waals surface area contributed by atoms with E-state index in [9.17, 15) is 45.3 Å². The first kappa shape index (κ1) is 44.3. The van der Waals surface area contributed by atoms with Gasteiger partial charge in [-0.05, 0) is 109 Å². The molecule has 2 saturated heterocycles. The van der Waals surface area contributed by atoms with Crippen molar-refractivity contribution in [3.63, 3.8) is 0 Å². The number of hydrogen-bond donors (Lipinski definition) is 7. The number of esters is 1. The van der Waals surface area contributed by atoms with Crippen LogP contribution in [-0.2, 0) is 33.3 Å². The summed E-state index contributed by atoms with van der Waals surface area (Å²) < 4.78 is 29.6. The van der Waals surface area contributed by atoms with Crippen LogP contribution < -0.4 is 0 Å². The summed E-state index contributed by atoms with van der Waals surface area (Å²) in [7, 11) is 0. The number of ether oxygens (including phenoxy) is 5. The molecule has 6 fully saturated rings. The van der Waals surface area contributed by atoms with Gasteiger partial charge in [-0.25, -0.2) is 0 Å². The van der Waals surface area contributed by atoms with Crippen molar-refractivity contribution in [2.45, 2.75) is 187 Å². The molecular formula is C44H70O14. The van der Waals surface area contributed by atoms with Gasteiger partial charge in [0.25, 0.3) is 0 Å². The summed E-state index contributed by atoms with van der Waals surface area (Å²) in [6, 6.07) is 0. The third-order valence-corrected chi connectivity index (χ3v) is 17.5. The van der Waals surface area contributed by atoms with Gasteiger partial charge < -0.3 is 59.4 Å². The molecule has 330 valence electrons. The van der Waals surface area contributed by atoms with E-state index in [-0.39, 0.29) is 39.6 Å². The number of allylic oxidation sites excluding steroid dienone is 2. The Morgan fingerprint density at radius 3 is 2.02 bits per heavy atom. The lowest BCUT2D eigenvalue weighted by atomic mass is 9.33. The number of rotatable bonds is 8. The molecule has 0 aromatic rings. The van der Waals surface area contributed by atoms with Crippen molar-refractivity contribution in [2.24, 2.45) is 50.2 Å². The summed E-state index contributed by atoms with van der Waals surface area (Å²) in [5.41, 5.74) is 0.187. The molecule has 4 saturated carbocycles. The standard InChI is InChI=1S/C44H70O14/c1-22(47)54-35-32(50)30(48)25(20-45)56-37(35)58-34-31(49)26(21-46)55-36(33(34)51)57-29-12-13-41(6)27(40(29,4)5)11-14-43(8)28(41)10-9-23-24-19-39(2,3)15-17-44(24,38(52)53)18-16-42(23,43)7/h9,24-37,45-46,48-51H,10-21H2,1-8H3,(H,52,53). The van der Waals surface area contributed by atoms with Crippen molar-refractivity contribution in [1.82, 2.24) is 0 Å². The number of aliphatic hydroxyl groups excluding tert-OH is 6. The summed E-state index contributed by atoms with van der Waals surface area (Å²) in [6.45, 7) is 16.1. The number of carboxylic acid groups (broad SMARTS) is 1. The Morgan fingerprint density at radius 1 is 0.741 bits per heavy atom. The van der Waals surface area contributed by atoms with Crippen LogP contribution in [0, 0.1) is 50.2 Å². The van der Waals surface area contributed by atoms with Crippen LogP contribution in [0.3, 0.4) is 0 Å². The highest BCUT2D eigenvalue weighted by molar-refractivity contribution is 5.76. The fraction of sp³-hybridized carbons (Fsp3) is 0.909. The van der Waals surface area contributed by atoms with Crippen molar-refractivity contribution in [1.29, 1.82) is 0 Å². The SMILES string of the molecule is CC(=O)OC1C(OC2C(O)C(CO)OC(OC3CCC4(C)C(CCC5(C)C4CC=C4C6CC(C)(C)CCC6(C(=O)O)CCC45C)C3(C)C)C2O)OC(CO)C(O)C1O. The fourth-order valence-electron chi connectivity index (χ4n) is 14.0. The number of fused-ring (bicyclic) bond motifs is 7. The van der Waals surface area contributed by atoms with Gasteiger partial charge in [-0.1, -0.05) is 60.1 Å². The van der Waals surface area contributed by atoms with E-state index in [1.54, 1.807) is 0 Å². The number of aliphatic hydroxyl groups is 6. The normalized spacial score (nSPS) is 50.9. The molecule has 14 heteroatoms. The average molecular weight is 823 g/mol. The van der Waals surface area contributed by atoms with Gasteiger partial charge in [0.2, 0.25) is 0 Å². The van der Waals surface area contributed by atoms with Gasteiger partial charge >= 0.3 is 11.9 Å². The van der Waals surface area contributed by atoms with Crippen molar-refractivity contribution in [2.75, 3.05) is 13.2 Å². The van der Waals surface area contributed by atoms with E-state index in [1.807, 2.05) is 0 Å². The fourth-order valence-corrected chi connectivity index (χ4v) is 14.0. The minimum atomic E-state index is -1.71. The van der Waals surface area contributed by atoms with Crippen LogP contribution in [-0.4, -0.2) is 128 Å². The quantitative estimate of drug-likeness (QED) is 0.106. The minimum absolute atomic E-state index is 0.0279. The summed E-state index contributed by atoms with van der Waals surface area (Å²) in [4.78, 5) is 25.0. The highest BCUT2D eigenvalue weighted by Gasteiger charge is 2.69. The number of carboxylic acids is 1. The molecule has 0 spiro atoms. The molecule has 18 unspecified atom stereocenters. The molecule has 0 aromatic carbocycles. The van der Waals surface area contributed by atoms with Gasteiger partial charge in [-0.3, -0.25) is 9.59 Å². The van der Waals surface area contributed by atoms with E-state index in [0.29, 0.717) is 18.8 Å². The van der Waals surface area contributed by atoms with E-state index in [1.165, 1.54) is 5.57 Å². The van der Waals surface area contributed by atoms with Crippen molar-refractivity contribution in [3.8, 4) is 0 Å². The second-order valence-electron chi connectivity index (χ2n) is 21.2. The number of aliphatic carboxylic acids is 1. The molecule has 2 aliphatic heterocycles. The highest BCUT2D eigenvalue weighted by atomic mass is 16.7. The van der Waals surface area contributed by atoms with Gasteiger partial charge in [0.05, 0.1) is 24.7 Å². The van der Waals surface area contributed by atoms with Crippen LogP contribution in [0.2, 0.25) is 0 Å². The molecule has 58 heavy (non-hydrogen) atoms. The predicted octanol–water partition coefficient (Wildman–Crippen LogP) is 3.45. The molecule has 7 aliphatic rings. The predicted molar refractivity (Wildman–Crippen MR) is 207 cm³/mol. The van der Waals surface area contributed by atoms with Crippen LogP contribution >= 0.6 is 0 Å². The molecule has 0 radical (unpaired) electrons. The third kappa shape index (κ3) is 6.73. The van der Waals surface area contributed by atoms with E-state index in [0.717, 1.165) is 58.3 Å². The van der Waals surface area contributed by atoms with Gasteiger partial charge in [0.15, 0.2) is 18.7 Å². The summed E-state index contributed by atoms with van der Waals surface area (Å²) in [5.74, 6) is -0.800. The van der Waals surface area contributed by atoms with E-state index < -0.39 is 97.4 Å². The molecule has 2 heterocycles. The van der Waals surface area contributed by atoms with E-state index in [4.69, 9.17) is 23.7 Å². The second-order valence-corrected chi connectivity index (χ2v) is 21.2. The van der Waals surface area contributed by atoms with Crippen molar-refractivity contribution < 1.29 is 69.0 Å². The Kier molecular flexibility index (Phi) is 11.7. The minimum Gasteiger partial charge on any atom is -0.481 e. The molecular weight excluding hydrogens is 752 g/mol. The van der Waals surface area contributed by atoms with Crippen molar-refractivity contribution in [3.05, 3.63) is 11.6 Å². The maximum Gasteiger partial charge on any atom is 0.310 e. The smallest absolute Gasteiger partial charge is 0.310 e. The first-order valence-electron chi connectivity index (χ1n) is 21.7. The van der Waals surface area contributed by atoms with Crippen LogP contribution in [0.4, 0.5) is 0 Å². The number of hydrogen-bond acceptors (Lipinski definition) is 13. The average Bonchev–Trinajstić information content (AvgIpc) is 3.14. The van der Waals surface area contributed by atoms with E-state index in [2.05, 4.69) is 54.5 Å². The maximum absolute atomic E-state index is 13.1. The summed E-state index contributed by atoms with van der Waals surface area (Å²) in [6.07, 6.45) is -4.54. The molecule has 18 atom stereocenters. The van der Waals surface area contributed by atoms with Crippen LogP contribution in [0.15, 0.2) is 11.6 Å². The zero-order valence-corrected chi connectivity index (χ0v) is 35.6. The Morgan fingerprint density at radius 2 is 1.38 bits per heavy atom. The lowest BCUT2D eigenvalue weighted by Crippen LogP contribution is -2.67. The molecule has 0 bridgehead atoms. The highest BCUT2D eigenvalue weighted by Crippen LogP contribution is 2.76. The molecule has 7 N–H and O–H groups in total. The van der Waals surface area contributed by atoms with Crippen LogP contribution in [0.1, 0.15) is 120 Å². The van der Waals surface area contributed by atoms with Crippen LogP contribution in [0.25, 0.3) is 0 Å². The largest absolute Gasteiger partial charge is 0.481 e. The third-order valence-electron chi connectivity index (χ3n) is 17.5. The Labute approximate surface area is 342 Å². The summed E-state index contributed by atoms with van der Waals surface area (Å²) >= 11 is 0. The lowest BCUT2D eigenvalue weighted by molar-refractivity contribution is -0.370. The first-order valence-corrected chi connectivity index (χ1v) is 21.7. The van der Waals surface area contributed by atoms with Crippen molar-refractivity contribution >= 4 is 11.9 Å². The zero-order chi connectivity index (χ0) is 42.5. The van der Waals surface area contributed by atoms with Crippen LogP contribution in [0.5, 0.6) is 0 Å². The molecule has 0 amide bonds. The molecule has 5 aliphatic carbocycles. The Hall–Kier alpha value is -1.72. The molecule has 7 rings (SSSR count). The zero-order valence-electron chi connectivity index (χ0n) is 35.6. The lowest BCUT2D eigenvalue weighted by Gasteiger charge is -2.71. The Balaban J connectivity index is 1.12. The molecule has 14 nitrogen and oxygen atoms in total. The topological polar surface area (TPSA) is 222 Å². The monoisotopic (exact) mass is 822 g/mol. The second kappa shape index (κ2) is 15.3. The Bertz CT molecular complexity index is 1600. The molecule has 0 aromatic heterocycles. The van der Waals surface area contributed by atoms with Gasteiger partial charge in [0, 0.05) is 6.92 Å². The van der Waals surface area contributed by atoms with Gasteiger partial charge in [-0.2, -0.15) is 0 Å². The van der Waals surface area contributed by atoms with E-state index >= 15 is 0 Å². The van der Waals surface area contributed by atoms with Gasteiger partial charge in [-0.15, -0.1) is 0 Å². The maximum atomic E-state index is 13.1. The number of carbonyl (C=O) groups is 2. The first-order chi connectivity index (χ1) is 27.0. The summed E-state index contributed by atoms with van der Waals surface area (Å²) in [5, 5.41) is 75.0. The number of carbonyl (C=O) groups excluding carboxylic acids is 1. The van der Waals surface area contributed by atoms with Gasteiger partial charge in [0.1, 0.15) is 42.7 Å².